The fraction of sp³-hybridized carbons (Fsp3) is 0.562. The number of carbonyl (C=O) groups excluding carboxylic acids is 1. The van der Waals surface area contributed by atoms with E-state index in [0.29, 0.717) is 25.0 Å². The maximum Gasteiger partial charge on any atom is 0.238 e. The SMILES string of the molecule is CCc1ccc(NC(=O)CN(C)C(CN)C2CC2)cc1.Cl. The van der Waals surface area contributed by atoms with Crippen molar-refractivity contribution in [3.63, 3.8) is 0 Å². The van der Waals surface area contributed by atoms with Crippen LogP contribution in [0.15, 0.2) is 24.3 Å². The molecule has 0 heterocycles. The fourth-order valence-electron chi connectivity index (χ4n) is 2.58. The first-order valence-corrected chi connectivity index (χ1v) is 7.43. The highest BCUT2D eigenvalue weighted by Crippen LogP contribution is 2.34. The lowest BCUT2D eigenvalue weighted by molar-refractivity contribution is -0.117. The number of hydrogen-bond donors (Lipinski definition) is 2. The van der Waals surface area contributed by atoms with Crippen LogP contribution in [-0.4, -0.2) is 37.0 Å². The Hall–Kier alpha value is -1.10. The van der Waals surface area contributed by atoms with Gasteiger partial charge in [-0.2, -0.15) is 0 Å². The van der Waals surface area contributed by atoms with Gasteiger partial charge >= 0.3 is 0 Å². The van der Waals surface area contributed by atoms with E-state index in [0.717, 1.165) is 12.1 Å². The predicted octanol–water partition coefficient (Wildman–Crippen LogP) is 2.28. The number of amides is 1. The number of halogens is 1. The Morgan fingerprint density at radius 2 is 2.00 bits per heavy atom. The monoisotopic (exact) mass is 311 g/mol. The van der Waals surface area contributed by atoms with Crippen molar-refractivity contribution in [2.24, 2.45) is 11.7 Å². The molecule has 0 radical (unpaired) electrons. The summed E-state index contributed by atoms with van der Waals surface area (Å²) in [6.45, 7) is 3.14. The highest BCUT2D eigenvalue weighted by molar-refractivity contribution is 5.92. The molecule has 1 saturated carbocycles. The second-order valence-electron chi connectivity index (χ2n) is 5.65. The molecule has 1 aliphatic carbocycles. The van der Waals surface area contributed by atoms with E-state index in [1.54, 1.807) is 0 Å². The molecule has 0 saturated heterocycles. The van der Waals surface area contributed by atoms with Crippen LogP contribution in [0, 0.1) is 5.92 Å². The van der Waals surface area contributed by atoms with E-state index in [-0.39, 0.29) is 18.3 Å². The average Bonchev–Trinajstić information content (AvgIpc) is 3.25. The number of likely N-dealkylation sites (N-methyl/N-ethyl adjacent to an activating group) is 1. The van der Waals surface area contributed by atoms with E-state index < -0.39 is 0 Å². The average molecular weight is 312 g/mol. The van der Waals surface area contributed by atoms with Crippen LogP contribution in [0.25, 0.3) is 0 Å². The fourth-order valence-corrected chi connectivity index (χ4v) is 2.58. The van der Waals surface area contributed by atoms with E-state index >= 15 is 0 Å². The van der Waals surface area contributed by atoms with Crippen LogP contribution in [0.3, 0.4) is 0 Å². The lowest BCUT2D eigenvalue weighted by Crippen LogP contribution is -2.43. The van der Waals surface area contributed by atoms with Crippen molar-refractivity contribution in [3.8, 4) is 0 Å². The standard InChI is InChI=1S/C16H25N3O.ClH/c1-3-12-4-8-14(9-5-12)18-16(20)11-19(2)15(10-17)13-6-7-13;/h4-5,8-9,13,15H,3,6-7,10-11,17H2,1-2H3,(H,18,20);1H. The van der Waals surface area contributed by atoms with Gasteiger partial charge in [0.05, 0.1) is 6.54 Å². The van der Waals surface area contributed by atoms with Crippen molar-refractivity contribution >= 4 is 24.0 Å². The molecule has 0 spiro atoms. The van der Waals surface area contributed by atoms with Gasteiger partial charge in [0.15, 0.2) is 0 Å². The number of benzene rings is 1. The number of rotatable bonds is 7. The second-order valence-corrected chi connectivity index (χ2v) is 5.65. The highest BCUT2D eigenvalue weighted by atomic mass is 35.5. The van der Waals surface area contributed by atoms with Gasteiger partial charge in [-0.15, -0.1) is 12.4 Å². The molecule has 0 bridgehead atoms. The molecule has 4 nitrogen and oxygen atoms in total. The second kappa shape index (κ2) is 8.37. The molecular weight excluding hydrogens is 286 g/mol. The summed E-state index contributed by atoms with van der Waals surface area (Å²) in [6, 6.07) is 8.34. The van der Waals surface area contributed by atoms with E-state index in [2.05, 4.69) is 17.1 Å². The Kier molecular flexibility index (Phi) is 7.15. The molecule has 118 valence electrons. The number of nitrogens with one attached hydrogen (secondary N) is 1. The van der Waals surface area contributed by atoms with E-state index in [1.807, 2.05) is 31.3 Å². The smallest absolute Gasteiger partial charge is 0.238 e. The highest BCUT2D eigenvalue weighted by Gasteiger charge is 2.33. The van der Waals surface area contributed by atoms with Crippen molar-refractivity contribution in [3.05, 3.63) is 29.8 Å². The van der Waals surface area contributed by atoms with Gasteiger partial charge in [0, 0.05) is 18.3 Å². The molecule has 1 amide bonds. The lowest BCUT2D eigenvalue weighted by atomic mass is 10.1. The number of hydrogen-bond acceptors (Lipinski definition) is 3. The molecule has 3 N–H and O–H groups in total. The number of anilines is 1. The quantitative estimate of drug-likeness (QED) is 0.812. The summed E-state index contributed by atoms with van der Waals surface area (Å²) in [5.74, 6) is 0.706. The first-order valence-electron chi connectivity index (χ1n) is 7.43. The molecule has 0 aromatic heterocycles. The third-order valence-electron chi connectivity index (χ3n) is 4.01. The van der Waals surface area contributed by atoms with Gasteiger partial charge in [-0.25, -0.2) is 0 Å². The maximum atomic E-state index is 12.0. The van der Waals surface area contributed by atoms with Crippen molar-refractivity contribution in [2.75, 3.05) is 25.5 Å². The summed E-state index contributed by atoms with van der Waals surface area (Å²) in [5.41, 5.74) is 7.93. The first-order chi connectivity index (χ1) is 9.63. The molecule has 1 aromatic carbocycles. The van der Waals surface area contributed by atoms with Crippen LogP contribution in [0.5, 0.6) is 0 Å². The van der Waals surface area contributed by atoms with Crippen LogP contribution in [0.2, 0.25) is 0 Å². The summed E-state index contributed by atoms with van der Waals surface area (Å²) >= 11 is 0. The van der Waals surface area contributed by atoms with Gasteiger partial charge < -0.3 is 11.1 Å². The van der Waals surface area contributed by atoms with Gasteiger partial charge in [-0.1, -0.05) is 19.1 Å². The zero-order valence-electron chi connectivity index (χ0n) is 12.8. The van der Waals surface area contributed by atoms with Crippen LogP contribution in [-0.2, 0) is 11.2 Å². The summed E-state index contributed by atoms with van der Waals surface area (Å²) in [4.78, 5) is 14.1. The number of aryl methyl sites for hydroxylation is 1. The topological polar surface area (TPSA) is 58.4 Å². The number of nitrogens with two attached hydrogens (primary N) is 1. The van der Waals surface area contributed by atoms with Crippen LogP contribution < -0.4 is 11.1 Å². The minimum Gasteiger partial charge on any atom is -0.329 e. The van der Waals surface area contributed by atoms with Crippen LogP contribution >= 0.6 is 12.4 Å². The molecule has 2 rings (SSSR count). The molecule has 1 aromatic rings. The van der Waals surface area contributed by atoms with Crippen molar-refractivity contribution in [1.82, 2.24) is 4.90 Å². The predicted molar refractivity (Wildman–Crippen MR) is 89.9 cm³/mol. The van der Waals surface area contributed by atoms with Crippen molar-refractivity contribution in [1.29, 1.82) is 0 Å². The van der Waals surface area contributed by atoms with Crippen molar-refractivity contribution < 1.29 is 4.79 Å². The van der Waals surface area contributed by atoms with E-state index in [4.69, 9.17) is 5.73 Å². The van der Waals surface area contributed by atoms with Crippen molar-refractivity contribution in [2.45, 2.75) is 32.2 Å². The Balaban J connectivity index is 0.00000220. The van der Waals surface area contributed by atoms with E-state index in [1.165, 1.54) is 18.4 Å². The summed E-state index contributed by atoms with van der Waals surface area (Å²) in [7, 11) is 1.98. The molecule has 1 fully saturated rings. The summed E-state index contributed by atoms with van der Waals surface area (Å²) in [6.07, 6.45) is 3.50. The molecule has 21 heavy (non-hydrogen) atoms. The third-order valence-corrected chi connectivity index (χ3v) is 4.01. The van der Waals surface area contributed by atoms with Gasteiger partial charge in [0.2, 0.25) is 5.91 Å². The third kappa shape index (κ3) is 5.30. The first kappa shape index (κ1) is 18.0. The van der Waals surface area contributed by atoms with E-state index in [9.17, 15) is 4.79 Å². The summed E-state index contributed by atoms with van der Waals surface area (Å²) in [5, 5.41) is 2.94. The Labute approximate surface area is 133 Å². The van der Waals surface area contributed by atoms with Gasteiger partial charge in [0.1, 0.15) is 0 Å². The minimum atomic E-state index is 0. The normalized spacial score (nSPS) is 15.4. The molecule has 1 atom stereocenters. The van der Waals surface area contributed by atoms with Gasteiger partial charge in [-0.05, 0) is 49.9 Å². The number of carbonyl (C=O) groups is 1. The molecular formula is C16H26ClN3O. The Bertz CT molecular complexity index is 445. The Morgan fingerprint density at radius 3 is 2.48 bits per heavy atom. The van der Waals surface area contributed by atoms with Crippen LogP contribution in [0.1, 0.15) is 25.3 Å². The van der Waals surface area contributed by atoms with Crippen LogP contribution in [0.4, 0.5) is 5.69 Å². The Morgan fingerprint density at radius 1 is 1.38 bits per heavy atom. The zero-order valence-corrected chi connectivity index (χ0v) is 13.7. The zero-order chi connectivity index (χ0) is 14.5. The largest absolute Gasteiger partial charge is 0.329 e. The summed E-state index contributed by atoms with van der Waals surface area (Å²) < 4.78 is 0. The molecule has 1 unspecified atom stereocenters. The number of nitrogens with zero attached hydrogens (tertiary/aromatic N) is 1. The van der Waals surface area contributed by atoms with Gasteiger partial charge in [-0.3, -0.25) is 9.69 Å². The maximum absolute atomic E-state index is 12.0. The lowest BCUT2D eigenvalue weighted by Gasteiger charge is -2.26. The molecule has 0 aliphatic heterocycles. The molecule has 1 aliphatic rings. The van der Waals surface area contributed by atoms with Gasteiger partial charge in [0.25, 0.3) is 0 Å². The molecule has 5 heteroatoms. The minimum absolute atomic E-state index is 0.